The molecule has 20 heavy (non-hydrogen) atoms. The zero-order chi connectivity index (χ0) is 15.0. The zero-order valence-electron chi connectivity index (χ0n) is 12.9. The lowest BCUT2D eigenvalue weighted by Crippen LogP contribution is -2.34. The van der Waals surface area contributed by atoms with Crippen LogP contribution in [0.3, 0.4) is 0 Å². The molecule has 0 aliphatic heterocycles. The lowest BCUT2D eigenvalue weighted by molar-refractivity contribution is -0.121. The summed E-state index contributed by atoms with van der Waals surface area (Å²) in [6.45, 7) is 8.08. The van der Waals surface area contributed by atoms with Gasteiger partial charge in [-0.15, -0.1) is 0 Å². The van der Waals surface area contributed by atoms with Crippen LogP contribution in [0.2, 0.25) is 0 Å². The van der Waals surface area contributed by atoms with Crippen LogP contribution in [-0.4, -0.2) is 28.0 Å². The summed E-state index contributed by atoms with van der Waals surface area (Å²) in [6.07, 6.45) is 8.82. The van der Waals surface area contributed by atoms with Crippen LogP contribution in [0.25, 0.3) is 0 Å². The molecule has 3 N–H and O–H groups in total. The van der Waals surface area contributed by atoms with Crippen LogP contribution < -0.4 is 11.1 Å². The van der Waals surface area contributed by atoms with Gasteiger partial charge in [-0.1, -0.05) is 20.8 Å². The van der Waals surface area contributed by atoms with Gasteiger partial charge in [0.2, 0.25) is 5.91 Å². The van der Waals surface area contributed by atoms with E-state index in [1.54, 1.807) is 6.20 Å². The Hall–Kier alpha value is -1.36. The normalized spacial score (nSPS) is 13.2. The Labute approximate surface area is 122 Å². The maximum Gasteiger partial charge on any atom is 0.221 e. The molecular weight excluding hydrogens is 252 g/mol. The average Bonchev–Trinajstić information content (AvgIpc) is 2.78. The van der Waals surface area contributed by atoms with E-state index in [-0.39, 0.29) is 17.4 Å². The molecule has 1 unspecified atom stereocenters. The molecule has 1 rings (SSSR count). The molecule has 114 valence electrons. The van der Waals surface area contributed by atoms with E-state index in [1.165, 1.54) is 0 Å². The minimum atomic E-state index is -0.0547. The Morgan fingerprint density at radius 2 is 2.15 bits per heavy atom. The van der Waals surface area contributed by atoms with Crippen molar-refractivity contribution in [3.63, 3.8) is 0 Å². The van der Waals surface area contributed by atoms with Crippen LogP contribution in [-0.2, 0) is 11.3 Å². The summed E-state index contributed by atoms with van der Waals surface area (Å²) in [4.78, 5) is 15.7. The van der Waals surface area contributed by atoms with Crippen molar-refractivity contribution in [1.82, 2.24) is 14.9 Å². The van der Waals surface area contributed by atoms with E-state index in [9.17, 15) is 4.79 Å². The number of rotatable bonds is 8. The highest BCUT2D eigenvalue weighted by molar-refractivity contribution is 5.76. The molecule has 0 saturated heterocycles. The van der Waals surface area contributed by atoms with Gasteiger partial charge in [-0.25, -0.2) is 4.98 Å². The summed E-state index contributed by atoms with van der Waals surface area (Å²) in [7, 11) is 0. The Balaban J connectivity index is 2.05. The fraction of sp³-hybridized carbons (Fsp3) is 0.733. The summed E-state index contributed by atoms with van der Waals surface area (Å²) in [5.74, 6) is 0.0596. The first-order valence-corrected chi connectivity index (χ1v) is 7.35. The van der Waals surface area contributed by atoms with E-state index < -0.39 is 0 Å². The van der Waals surface area contributed by atoms with Gasteiger partial charge in [-0.3, -0.25) is 4.79 Å². The monoisotopic (exact) mass is 280 g/mol. The molecule has 1 heterocycles. The van der Waals surface area contributed by atoms with Crippen LogP contribution >= 0.6 is 0 Å². The number of carbonyl (C=O) groups excluding carboxylic acids is 1. The van der Waals surface area contributed by atoms with Crippen molar-refractivity contribution in [2.45, 2.75) is 59.0 Å². The maximum atomic E-state index is 11.7. The Bertz CT molecular complexity index is 381. The molecule has 0 fully saturated rings. The molecule has 5 nitrogen and oxygen atoms in total. The zero-order valence-corrected chi connectivity index (χ0v) is 12.9. The van der Waals surface area contributed by atoms with E-state index in [1.807, 2.05) is 17.1 Å². The number of aryl methyl sites for hydroxylation is 1. The number of hydrogen-bond acceptors (Lipinski definition) is 3. The van der Waals surface area contributed by atoms with Crippen molar-refractivity contribution in [3.8, 4) is 0 Å². The first-order chi connectivity index (χ1) is 9.37. The van der Waals surface area contributed by atoms with Crippen molar-refractivity contribution in [2.75, 3.05) is 6.54 Å². The Morgan fingerprint density at radius 1 is 1.40 bits per heavy atom. The lowest BCUT2D eigenvalue weighted by Gasteiger charge is -2.22. The number of nitrogens with two attached hydrogens (primary N) is 1. The number of hydrogen-bond donors (Lipinski definition) is 2. The van der Waals surface area contributed by atoms with Gasteiger partial charge in [0.05, 0.1) is 6.33 Å². The Kier molecular flexibility index (Phi) is 6.71. The molecule has 0 aliphatic carbocycles. The van der Waals surface area contributed by atoms with Gasteiger partial charge in [0.25, 0.3) is 0 Å². The van der Waals surface area contributed by atoms with Crippen LogP contribution in [0.1, 0.15) is 46.5 Å². The minimum absolute atomic E-state index is 0.0547. The second kappa shape index (κ2) is 8.04. The maximum absolute atomic E-state index is 11.7. The third kappa shape index (κ3) is 7.94. The van der Waals surface area contributed by atoms with Gasteiger partial charge >= 0.3 is 0 Å². The highest BCUT2D eigenvalue weighted by Crippen LogP contribution is 2.20. The average molecular weight is 280 g/mol. The number of unbranched alkanes of at least 4 members (excludes halogenated alkanes) is 1. The standard InChI is InChI=1S/C15H28N4O/c1-15(2,3)11-13(16)10-14(20)18-6-4-5-8-19-9-7-17-12-19/h7,9,12-13H,4-6,8,10-11,16H2,1-3H3,(H,18,20). The van der Waals surface area contributed by atoms with E-state index in [2.05, 4.69) is 31.1 Å². The molecule has 0 aromatic carbocycles. The lowest BCUT2D eigenvalue weighted by atomic mass is 9.87. The molecule has 1 amide bonds. The van der Waals surface area contributed by atoms with Crippen molar-refractivity contribution >= 4 is 5.91 Å². The van der Waals surface area contributed by atoms with Crippen molar-refractivity contribution < 1.29 is 4.79 Å². The summed E-state index contributed by atoms with van der Waals surface area (Å²) in [5.41, 5.74) is 6.16. The number of imidazole rings is 1. The van der Waals surface area contributed by atoms with Gasteiger partial charge in [0.1, 0.15) is 0 Å². The van der Waals surface area contributed by atoms with Crippen LogP contribution in [0.15, 0.2) is 18.7 Å². The summed E-state index contributed by atoms with van der Waals surface area (Å²) >= 11 is 0. The topological polar surface area (TPSA) is 72.9 Å². The second-order valence-corrected chi connectivity index (χ2v) is 6.59. The molecule has 0 bridgehead atoms. The smallest absolute Gasteiger partial charge is 0.221 e. The summed E-state index contributed by atoms with van der Waals surface area (Å²) in [6, 6.07) is -0.0547. The summed E-state index contributed by atoms with van der Waals surface area (Å²) in [5, 5.41) is 2.94. The molecule has 0 saturated carbocycles. The molecule has 1 aromatic rings. The van der Waals surface area contributed by atoms with E-state index in [0.717, 1.165) is 32.4 Å². The van der Waals surface area contributed by atoms with Gasteiger partial charge in [0, 0.05) is 37.9 Å². The first-order valence-electron chi connectivity index (χ1n) is 7.35. The van der Waals surface area contributed by atoms with E-state index in [4.69, 9.17) is 5.73 Å². The molecule has 1 atom stereocenters. The number of amides is 1. The predicted octanol–water partition coefficient (Wildman–Crippen LogP) is 1.93. The fourth-order valence-corrected chi connectivity index (χ4v) is 2.24. The largest absolute Gasteiger partial charge is 0.356 e. The summed E-state index contributed by atoms with van der Waals surface area (Å²) < 4.78 is 2.04. The molecule has 5 heteroatoms. The molecule has 1 aromatic heterocycles. The minimum Gasteiger partial charge on any atom is -0.356 e. The van der Waals surface area contributed by atoms with Gasteiger partial charge in [0.15, 0.2) is 0 Å². The Morgan fingerprint density at radius 3 is 2.75 bits per heavy atom. The van der Waals surface area contributed by atoms with Crippen molar-refractivity contribution in [3.05, 3.63) is 18.7 Å². The van der Waals surface area contributed by atoms with Crippen molar-refractivity contribution in [2.24, 2.45) is 11.1 Å². The number of carbonyl (C=O) groups is 1. The van der Waals surface area contributed by atoms with Gasteiger partial charge in [-0.05, 0) is 24.7 Å². The van der Waals surface area contributed by atoms with Crippen LogP contribution in [0.5, 0.6) is 0 Å². The third-order valence-electron chi connectivity index (χ3n) is 3.05. The highest BCUT2D eigenvalue weighted by atomic mass is 16.1. The quantitative estimate of drug-likeness (QED) is 0.715. The predicted molar refractivity (Wildman–Crippen MR) is 81.1 cm³/mol. The molecule has 0 spiro atoms. The number of nitrogens with one attached hydrogen (secondary N) is 1. The SMILES string of the molecule is CC(C)(C)CC(N)CC(=O)NCCCCn1ccnc1. The first kappa shape index (κ1) is 16.7. The van der Waals surface area contributed by atoms with Crippen LogP contribution in [0.4, 0.5) is 0 Å². The number of aromatic nitrogens is 2. The van der Waals surface area contributed by atoms with E-state index in [0.29, 0.717) is 6.42 Å². The van der Waals surface area contributed by atoms with E-state index >= 15 is 0 Å². The van der Waals surface area contributed by atoms with Gasteiger partial charge < -0.3 is 15.6 Å². The number of nitrogens with zero attached hydrogens (tertiary/aromatic N) is 2. The van der Waals surface area contributed by atoms with Crippen LogP contribution in [0, 0.1) is 5.41 Å². The van der Waals surface area contributed by atoms with Crippen molar-refractivity contribution in [1.29, 1.82) is 0 Å². The second-order valence-electron chi connectivity index (χ2n) is 6.59. The third-order valence-corrected chi connectivity index (χ3v) is 3.05. The molecular formula is C15H28N4O. The highest BCUT2D eigenvalue weighted by Gasteiger charge is 2.17. The van der Waals surface area contributed by atoms with Gasteiger partial charge in [-0.2, -0.15) is 0 Å². The molecule has 0 aliphatic rings. The fourth-order valence-electron chi connectivity index (χ4n) is 2.24. The molecule has 0 radical (unpaired) electrons.